The fraction of sp³-hybridized carbons (Fsp3) is 0.892. The zero-order valence-electron chi connectivity index (χ0n) is 48.0. The maximum Gasteiger partial charge on any atom is 0.306 e. The van der Waals surface area contributed by atoms with Gasteiger partial charge in [-0.3, -0.25) is 14.4 Å². The number of hydrogen-bond donors (Lipinski definition) is 0. The van der Waals surface area contributed by atoms with Crippen LogP contribution in [0.2, 0.25) is 0 Å². The molecular formula is C65H122O6. The van der Waals surface area contributed by atoms with Gasteiger partial charge in [-0.05, 0) is 51.4 Å². The SMILES string of the molecule is CCCCCC/C=C\C/C=C\CCCCCCCC(=O)OC(COC(=O)CCCCCCCCCCCCC)COC(=O)CCCCCCCCCCCCCCCCCCCCCCCCCCCC. The van der Waals surface area contributed by atoms with Crippen LogP contribution in [0.25, 0.3) is 0 Å². The first-order valence-corrected chi connectivity index (χ1v) is 31.8. The Morgan fingerprint density at radius 1 is 0.282 bits per heavy atom. The van der Waals surface area contributed by atoms with E-state index in [4.69, 9.17) is 14.2 Å². The molecule has 418 valence electrons. The van der Waals surface area contributed by atoms with Gasteiger partial charge in [-0.15, -0.1) is 0 Å². The number of carbonyl (C=O) groups is 3. The second-order valence-corrected chi connectivity index (χ2v) is 21.7. The number of rotatable bonds is 59. The highest BCUT2D eigenvalue weighted by Gasteiger charge is 2.19. The van der Waals surface area contributed by atoms with E-state index in [9.17, 15) is 14.4 Å². The van der Waals surface area contributed by atoms with E-state index in [1.807, 2.05) is 0 Å². The molecule has 6 nitrogen and oxygen atoms in total. The Balaban J connectivity index is 4.17. The summed E-state index contributed by atoms with van der Waals surface area (Å²) in [5, 5.41) is 0. The minimum absolute atomic E-state index is 0.0714. The van der Waals surface area contributed by atoms with Gasteiger partial charge in [0.15, 0.2) is 6.10 Å². The lowest BCUT2D eigenvalue weighted by atomic mass is 10.0. The molecule has 1 unspecified atom stereocenters. The largest absolute Gasteiger partial charge is 0.462 e. The molecule has 0 aliphatic rings. The third-order valence-corrected chi connectivity index (χ3v) is 14.5. The normalized spacial score (nSPS) is 12.1. The molecule has 0 bridgehead atoms. The Morgan fingerprint density at radius 2 is 0.507 bits per heavy atom. The van der Waals surface area contributed by atoms with Crippen molar-refractivity contribution in [1.29, 1.82) is 0 Å². The van der Waals surface area contributed by atoms with E-state index < -0.39 is 6.10 Å². The fourth-order valence-electron chi connectivity index (χ4n) is 9.65. The van der Waals surface area contributed by atoms with E-state index >= 15 is 0 Å². The molecule has 0 aromatic carbocycles. The van der Waals surface area contributed by atoms with E-state index in [1.54, 1.807) is 0 Å². The molecule has 71 heavy (non-hydrogen) atoms. The molecule has 0 saturated heterocycles. The number of carbonyl (C=O) groups excluding carboxylic acids is 3. The van der Waals surface area contributed by atoms with Crippen molar-refractivity contribution in [2.24, 2.45) is 0 Å². The summed E-state index contributed by atoms with van der Waals surface area (Å²) in [4.78, 5) is 38.2. The highest BCUT2D eigenvalue weighted by molar-refractivity contribution is 5.71. The first-order chi connectivity index (χ1) is 35.0. The van der Waals surface area contributed by atoms with Crippen molar-refractivity contribution in [3.63, 3.8) is 0 Å². The molecule has 0 radical (unpaired) electrons. The molecule has 0 saturated carbocycles. The van der Waals surface area contributed by atoms with Crippen LogP contribution in [-0.2, 0) is 28.6 Å². The molecule has 6 heteroatoms. The van der Waals surface area contributed by atoms with Gasteiger partial charge in [-0.1, -0.05) is 308 Å². The quantitative estimate of drug-likeness (QED) is 0.0261. The lowest BCUT2D eigenvalue weighted by Gasteiger charge is -2.18. The van der Waals surface area contributed by atoms with E-state index in [-0.39, 0.29) is 31.1 Å². The number of hydrogen-bond acceptors (Lipinski definition) is 6. The van der Waals surface area contributed by atoms with E-state index in [2.05, 4.69) is 45.1 Å². The van der Waals surface area contributed by atoms with Crippen LogP contribution in [0, 0.1) is 0 Å². The molecule has 0 N–H and O–H groups in total. The Bertz CT molecular complexity index is 1150. The zero-order valence-corrected chi connectivity index (χ0v) is 48.0. The average Bonchev–Trinajstić information content (AvgIpc) is 3.37. The van der Waals surface area contributed by atoms with Gasteiger partial charge in [-0.2, -0.15) is 0 Å². The predicted molar refractivity (Wildman–Crippen MR) is 307 cm³/mol. The van der Waals surface area contributed by atoms with Gasteiger partial charge in [0.1, 0.15) is 13.2 Å². The molecular weight excluding hydrogens is 877 g/mol. The second kappa shape index (κ2) is 60.4. The zero-order chi connectivity index (χ0) is 51.4. The van der Waals surface area contributed by atoms with Crippen LogP contribution in [0.1, 0.15) is 355 Å². The van der Waals surface area contributed by atoms with Crippen LogP contribution in [0.3, 0.4) is 0 Å². The van der Waals surface area contributed by atoms with Crippen molar-refractivity contribution in [3.05, 3.63) is 24.3 Å². The van der Waals surface area contributed by atoms with Crippen molar-refractivity contribution in [2.75, 3.05) is 13.2 Å². The van der Waals surface area contributed by atoms with Crippen LogP contribution in [0.15, 0.2) is 24.3 Å². The third kappa shape index (κ3) is 58.7. The minimum Gasteiger partial charge on any atom is -0.462 e. The maximum absolute atomic E-state index is 12.9. The van der Waals surface area contributed by atoms with E-state index in [0.717, 1.165) is 77.0 Å². The molecule has 0 aliphatic heterocycles. The molecule has 0 fully saturated rings. The summed E-state index contributed by atoms with van der Waals surface area (Å²) in [7, 11) is 0. The van der Waals surface area contributed by atoms with Crippen LogP contribution >= 0.6 is 0 Å². The summed E-state index contributed by atoms with van der Waals surface area (Å²) < 4.78 is 16.9. The number of esters is 3. The van der Waals surface area contributed by atoms with Crippen molar-refractivity contribution in [3.8, 4) is 0 Å². The number of ether oxygens (including phenoxy) is 3. The topological polar surface area (TPSA) is 78.9 Å². The van der Waals surface area contributed by atoms with Gasteiger partial charge in [-0.25, -0.2) is 0 Å². The first-order valence-electron chi connectivity index (χ1n) is 31.8. The summed E-state index contributed by atoms with van der Waals surface area (Å²) in [6, 6.07) is 0. The second-order valence-electron chi connectivity index (χ2n) is 21.7. The van der Waals surface area contributed by atoms with Crippen LogP contribution < -0.4 is 0 Å². The number of allylic oxidation sites excluding steroid dienone is 4. The molecule has 1 atom stereocenters. The van der Waals surface area contributed by atoms with Gasteiger partial charge in [0.2, 0.25) is 0 Å². The van der Waals surface area contributed by atoms with Crippen molar-refractivity contribution >= 4 is 17.9 Å². The Morgan fingerprint density at radius 3 is 0.789 bits per heavy atom. The maximum atomic E-state index is 12.9. The van der Waals surface area contributed by atoms with E-state index in [0.29, 0.717) is 19.3 Å². The first kappa shape index (κ1) is 68.9. The van der Waals surface area contributed by atoms with Gasteiger partial charge >= 0.3 is 17.9 Å². The van der Waals surface area contributed by atoms with E-state index in [1.165, 1.54) is 238 Å². The molecule has 0 aromatic rings. The third-order valence-electron chi connectivity index (χ3n) is 14.5. The Kier molecular flexibility index (Phi) is 58.6. The summed E-state index contributed by atoms with van der Waals surface area (Å²) in [6.07, 6.45) is 72.0. The van der Waals surface area contributed by atoms with Gasteiger partial charge in [0.05, 0.1) is 0 Å². The molecule has 0 amide bonds. The smallest absolute Gasteiger partial charge is 0.306 e. The average molecular weight is 1000 g/mol. The lowest BCUT2D eigenvalue weighted by Crippen LogP contribution is -2.30. The highest BCUT2D eigenvalue weighted by atomic mass is 16.6. The monoisotopic (exact) mass is 999 g/mol. The van der Waals surface area contributed by atoms with Crippen LogP contribution in [-0.4, -0.2) is 37.2 Å². The Hall–Kier alpha value is -2.11. The summed E-state index contributed by atoms with van der Waals surface area (Å²) >= 11 is 0. The van der Waals surface area contributed by atoms with Gasteiger partial charge < -0.3 is 14.2 Å². The predicted octanol–water partition coefficient (Wildman–Crippen LogP) is 21.4. The van der Waals surface area contributed by atoms with Crippen molar-refractivity contribution < 1.29 is 28.6 Å². The minimum atomic E-state index is -0.774. The summed E-state index contributed by atoms with van der Waals surface area (Å²) in [6.45, 7) is 6.66. The molecule has 0 aliphatic carbocycles. The fourth-order valence-corrected chi connectivity index (χ4v) is 9.65. The molecule has 0 spiro atoms. The number of unbranched alkanes of at least 4 members (excludes halogenated alkanes) is 44. The van der Waals surface area contributed by atoms with Crippen LogP contribution in [0.4, 0.5) is 0 Å². The van der Waals surface area contributed by atoms with Crippen LogP contribution in [0.5, 0.6) is 0 Å². The van der Waals surface area contributed by atoms with Gasteiger partial charge in [0.25, 0.3) is 0 Å². The van der Waals surface area contributed by atoms with Gasteiger partial charge in [0, 0.05) is 19.3 Å². The molecule has 0 heterocycles. The molecule has 0 aromatic heterocycles. The highest BCUT2D eigenvalue weighted by Crippen LogP contribution is 2.18. The van der Waals surface area contributed by atoms with Crippen molar-refractivity contribution in [2.45, 2.75) is 361 Å². The lowest BCUT2D eigenvalue weighted by molar-refractivity contribution is -0.167. The summed E-state index contributed by atoms with van der Waals surface area (Å²) in [5.74, 6) is -0.862. The Labute approximate surface area is 443 Å². The van der Waals surface area contributed by atoms with Crippen molar-refractivity contribution in [1.82, 2.24) is 0 Å². The summed E-state index contributed by atoms with van der Waals surface area (Å²) in [5.41, 5.74) is 0. The standard InChI is InChI=1S/C65H122O6/c1-4-7-10-13-16-19-22-24-26-28-29-30-31-32-33-34-35-36-37-39-40-43-46-49-52-55-58-64(67)70-61-62(60-69-63(66)57-54-51-48-45-42-21-18-15-12-9-6-3)71-65(68)59-56-53-50-47-44-41-38-27-25-23-20-17-14-11-8-5-2/h20,23,27,38,62H,4-19,21-22,24-26,28-37,39-61H2,1-3H3/b23-20-,38-27-. The molecule has 0 rings (SSSR count).